The van der Waals surface area contributed by atoms with Gasteiger partial charge in [0.2, 0.25) is 0 Å². The zero-order chi connectivity index (χ0) is 16.8. The Morgan fingerprint density at radius 3 is 2.87 bits per heavy atom. The summed E-state index contributed by atoms with van der Waals surface area (Å²) in [5.41, 5.74) is -0.0721. The maximum Gasteiger partial charge on any atom is 0.387 e. The second kappa shape index (κ2) is 7.47. The molecule has 10 heteroatoms. The van der Waals surface area contributed by atoms with Crippen LogP contribution in [0.1, 0.15) is 6.92 Å². The van der Waals surface area contributed by atoms with Gasteiger partial charge in [-0.3, -0.25) is 4.68 Å². The molecule has 1 atom stereocenters. The fourth-order valence-electron chi connectivity index (χ4n) is 1.83. The van der Waals surface area contributed by atoms with Gasteiger partial charge in [-0.25, -0.2) is 14.2 Å². The highest BCUT2D eigenvalue weighted by Gasteiger charge is 2.14. The van der Waals surface area contributed by atoms with E-state index in [0.717, 1.165) is 18.2 Å². The van der Waals surface area contributed by atoms with E-state index in [9.17, 15) is 18.0 Å². The van der Waals surface area contributed by atoms with Crippen molar-refractivity contribution < 1.29 is 22.7 Å². The smallest absolute Gasteiger partial charge is 0.387 e. The highest BCUT2D eigenvalue weighted by atomic mass is 19.3. The number of ether oxygens (including phenoxy) is 1. The van der Waals surface area contributed by atoms with Crippen LogP contribution in [0.3, 0.4) is 0 Å². The van der Waals surface area contributed by atoms with Gasteiger partial charge < -0.3 is 15.4 Å². The van der Waals surface area contributed by atoms with Crippen molar-refractivity contribution in [2.24, 2.45) is 0 Å². The monoisotopic (exact) mass is 329 g/mol. The van der Waals surface area contributed by atoms with Crippen LogP contribution in [-0.2, 0) is 6.54 Å². The van der Waals surface area contributed by atoms with Gasteiger partial charge in [0.15, 0.2) is 5.75 Å². The van der Waals surface area contributed by atoms with E-state index in [1.807, 2.05) is 0 Å². The highest BCUT2D eigenvalue weighted by Crippen LogP contribution is 2.26. The summed E-state index contributed by atoms with van der Waals surface area (Å²) in [6.45, 7) is -1.04. The minimum Gasteiger partial charge on any atom is -0.432 e. The predicted octanol–water partition coefficient (Wildman–Crippen LogP) is 2.23. The van der Waals surface area contributed by atoms with E-state index in [4.69, 9.17) is 0 Å². The van der Waals surface area contributed by atoms with Crippen molar-refractivity contribution in [3.63, 3.8) is 0 Å². The summed E-state index contributed by atoms with van der Waals surface area (Å²) < 4.78 is 43.4. The SMILES string of the molecule is C[C@@H](Cn1cncn1)NC(=O)Nc1ccc(F)cc1OC(F)F. The number of aromatic nitrogens is 3. The van der Waals surface area contributed by atoms with Gasteiger partial charge in [-0.1, -0.05) is 0 Å². The van der Waals surface area contributed by atoms with E-state index >= 15 is 0 Å². The van der Waals surface area contributed by atoms with Crippen molar-refractivity contribution in [2.45, 2.75) is 26.1 Å². The van der Waals surface area contributed by atoms with E-state index in [1.54, 1.807) is 6.92 Å². The molecule has 0 aliphatic heterocycles. The third-order valence-corrected chi connectivity index (χ3v) is 2.71. The standard InChI is InChI=1S/C13H14F3N5O2/c1-8(5-21-7-17-6-18-21)19-13(22)20-10-3-2-9(14)4-11(10)23-12(15)16/h2-4,6-8,12H,5H2,1H3,(H2,19,20,22)/t8-/m0/s1. The fraction of sp³-hybridized carbons (Fsp3) is 0.308. The van der Waals surface area contributed by atoms with Crippen molar-refractivity contribution in [3.05, 3.63) is 36.7 Å². The lowest BCUT2D eigenvalue weighted by Crippen LogP contribution is -2.38. The third kappa shape index (κ3) is 5.16. The maximum absolute atomic E-state index is 13.1. The predicted molar refractivity (Wildman–Crippen MR) is 74.7 cm³/mol. The van der Waals surface area contributed by atoms with Gasteiger partial charge >= 0.3 is 12.6 Å². The number of anilines is 1. The van der Waals surface area contributed by atoms with Gasteiger partial charge in [0.25, 0.3) is 0 Å². The molecule has 0 saturated heterocycles. The Kier molecular flexibility index (Phi) is 5.39. The molecular formula is C13H14F3N5O2. The van der Waals surface area contributed by atoms with Crippen molar-refractivity contribution in [1.82, 2.24) is 20.1 Å². The largest absolute Gasteiger partial charge is 0.432 e. The molecule has 1 aromatic carbocycles. The molecule has 0 unspecified atom stereocenters. The van der Waals surface area contributed by atoms with Crippen LogP contribution in [0.5, 0.6) is 5.75 Å². The first-order valence-corrected chi connectivity index (χ1v) is 6.58. The van der Waals surface area contributed by atoms with Crippen molar-refractivity contribution in [1.29, 1.82) is 0 Å². The number of hydrogen-bond acceptors (Lipinski definition) is 4. The molecule has 2 amide bonds. The normalized spacial score (nSPS) is 12.0. The third-order valence-electron chi connectivity index (χ3n) is 2.71. The van der Waals surface area contributed by atoms with E-state index in [-0.39, 0.29) is 11.7 Å². The molecule has 124 valence electrons. The molecule has 2 rings (SSSR count). The molecule has 23 heavy (non-hydrogen) atoms. The molecule has 0 aliphatic carbocycles. The summed E-state index contributed by atoms with van der Waals surface area (Å²) >= 11 is 0. The molecule has 0 bridgehead atoms. The van der Waals surface area contributed by atoms with Crippen molar-refractivity contribution >= 4 is 11.7 Å². The number of halogens is 3. The minimum absolute atomic E-state index is 0.0721. The lowest BCUT2D eigenvalue weighted by atomic mass is 10.3. The Labute approximate surface area is 129 Å². The van der Waals surface area contributed by atoms with Crippen LogP contribution in [0.2, 0.25) is 0 Å². The molecule has 0 fully saturated rings. The fourth-order valence-corrected chi connectivity index (χ4v) is 1.83. The number of carbonyl (C=O) groups is 1. The number of urea groups is 1. The number of nitrogens with one attached hydrogen (secondary N) is 2. The molecule has 2 N–H and O–H groups in total. The van der Waals surface area contributed by atoms with E-state index in [0.29, 0.717) is 6.54 Å². The molecule has 7 nitrogen and oxygen atoms in total. The average Bonchev–Trinajstić information content (AvgIpc) is 2.93. The molecule has 0 saturated carbocycles. The number of benzene rings is 1. The second-order valence-corrected chi connectivity index (χ2v) is 4.64. The first-order chi connectivity index (χ1) is 10.9. The van der Waals surface area contributed by atoms with E-state index in [2.05, 4.69) is 25.5 Å². The van der Waals surface area contributed by atoms with E-state index < -0.39 is 24.2 Å². The Morgan fingerprint density at radius 1 is 1.43 bits per heavy atom. The Hall–Kier alpha value is -2.78. The van der Waals surface area contributed by atoms with Crippen LogP contribution in [0, 0.1) is 5.82 Å². The van der Waals surface area contributed by atoms with Gasteiger partial charge in [0.1, 0.15) is 18.5 Å². The van der Waals surface area contributed by atoms with Gasteiger partial charge in [-0.15, -0.1) is 0 Å². The van der Waals surface area contributed by atoms with Gasteiger partial charge in [0.05, 0.1) is 12.2 Å². The molecule has 1 aromatic heterocycles. The topological polar surface area (TPSA) is 81.1 Å². The van der Waals surface area contributed by atoms with Gasteiger partial charge in [0, 0.05) is 12.1 Å². The zero-order valence-corrected chi connectivity index (χ0v) is 12.0. The van der Waals surface area contributed by atoms with Gasteiger partial charge in [-0.2, -0.15) is 13.9 Å². The summed E-state index contributed by atoms with van der Waals surface area (Å²) in [7, 11) is 0. The quantitative estimate of drug-likeness (QED) is 0.851. The lowest BCUT2D eigenvalue weighted by Gasteiger charge is -2.16. The molecule has 2 aromatic rings. The Balaban J connectivity index is 1.96. The summed E-state index contributed by atoms with van der Waals surface area (Å²) in [6, 6.07) is 1.96. The second-order valence-electron chi connectivity index (χ2n) is 4.64. The van der Waals surface area contributed by atoms with Crippen molar-refractivity contribution in [2.75, 3.05) is 5.32 Å². The number of rotatable bonds is 6. The molecule has 0 radical (unpaired) electrons. The zero-order valence-electron chi connectivity index (χ0n) is 12.0. The molecule has 1 heterocycles. The Morgan fingerprint density at radius 2 is 2.22 bits per heavy atom. The molecule has 0 aliphatic rings. The number of nitrogens with zero attached hydrogens (tertiary/aromatic N) is 3. The van der Waals surface area contributed by atoms with Crippen molar-refractivity contribution in [3.8, 4) is 5.75 Å². The van der Waals surface area contributed by atoms with Crippen LogP contribution in [0.15, 0.2) is 30.9 Å². The Bertz CT molecular complexity index is 651. The summed E-state index contributed by atoms with van der Waals surface area (Å²) in [5, 5.41) is 8.81. The van der Waals surface area contributed by atoms with Crippen LogP contribution in [0.25, 0.3) is 0 Å². The lowest BCUT2D eigenvalue weighted by molar-refractivity contribution is -0.0495. The average molecular weight is 329 g/mol. The van der Waals surface area contributed by atoms with E-state index in [1.165, 1.54) is 17.3 Å². The van der Waals surface area contributed by atoms with Crippen LogP contribution < -0.4 is 15.4 Å². The number of amides is 2. The minimum atomic E-state index is -3.13. The number of carbonyl (C=O) groups excluding carboxylic acids is 1. The molecular weight excluding hydrogens is 315 g/mol. The van der Waals surface area contributed by atoms with Gasteiger partial charge in [-0.05, 0) is 19.1 Å². The first-order valence-electron chi connectivity index (χ1n) is 6.58. The highest BCUT2D eigenvalue weighted by molar-refractivity contribution is 5.91. The summed E-state index contributed by atoms with van der Waals surface area (Å²) in [4.78, 5) is 15.6. The van der Waals surface area contributed by atoms with Crippen LogP contribution >= 0.6 is 0 Å². The number of hydrogen-bond donors (Lipinski definition) is 2. The first kappa shape index (κ1) is 16.6. The summed E-state index contributed by atoms with van der Waals surface area (Å²) in [5.74, 6) is -1.22. The summed E-state index contributed by atoms with van der Waals surface area (Å²) in [6.07, 6.45) is 2.85. The van der Waals surface area contributed by atoms with Crippen LogP contribution in [0.4, 0.5) is 23.7 Å². The number of alkyl halides is 2. The van der Waals surface area contributed by atoms with Crippen LogP contribution in [-0.4, -0.2) is 33.4 Å². The molecule has 0 spiro atoms. The maximum atomic E-state index is 13.1.